The molecular formula is C16H26N2O4. The lowest BCUT2D eigenvalue weighted by molar-refractivity contribution is -0.145. The highest BCUT2D eigenvalue weighted by atomic mass is 16.5. The number of ether oxygens (including phenoxy) is 3. The average molecular weight is 310 g/mol. The van der Waals surface area contributed by atoms with Crippen molar-refractivity contribution in [3.8, 4) is 0 Å². The lowest BCUT2D eigenvalue weighted by atomic mass is 10.0. The van der Waals surface area contributed by atoms with E-state index in [-0.39, 0.29) is 41.7 Å². The van der Waals surface area contributed by atoms with E-state index in [1.807, 2.05) is 13.8 Å². The van der Waals surface area contributed by atoms with E-state index in [1.165, 1.54) is 0 Å². The number of hydrogen-bond acceptors (Lipinski definition) is 6. The van der Waals surface area contributed by atoms with Gasteiger partial charge in [0.25, 0.3) is 0 Å². The first-order chi connectivity index (χ1) is 10.5. The second kappa shape index (κ2) is 6.67. The molecule has 1 saturated carbocycles. The normalized spacial score (nSPS) is 33.9. The molecule has 0 radical (unpaired) electrons. The second-order valence-electron chi connectivity index (χ2n) is 6.19. The molecule has 2 aliphatic rings. The van der Waals surface area contributed by atoms with Crippen molar-refractivity contribution in [2.45, 2.75) is 39.8 Å². The molecule has 1 fully saturated rings. The zero-order valence-electron chi connectivity index (χ0n) is 14.2. The fourth-order valence-corrected chi connectivity index (χ4v) is 3.16. The molecule has 0 unspecified atom stereocenters. The first-order valence-electron chi connectivity index (χ1n) is 7.86. The molecule has 0 aromatic rings. The van der Waals surface area contributed by atoms with Crippen LogP contribution >= 0.6 is 0 Å². The Labute approximate surface area is 131 Å². The van der Waals surface area contributed by atoms with Crippen LogP contribution < -0.4 is 0 Å². The highest BCUT2D eigenvalue weighted by Gasteiger charge is 2.59. The van der Waals surface area contributed by atoms with Crippen molar-refractivity contribution in [3.05, 3.63) is 0 Å². The third kappa shape index (κ3) is 2.96. The molecule has 1 heterocycles. The van der Waals surface area contributed by atoms with Gasteiger partial charge in [-0.15, -0.1) is 0 Å². The van der Waals surface area contributed by atoms with Gasteiger partial charge in [-0.25, -0.2) is 9.98 Å². The molecule has 1 aliphatic carbocycles. The fraction of sp³-hybridized carbons (Fsp3) is 0.812. The standard InChI is InChI=1S/C16H26N2O4/c1-7-22-16(19)11-9(4)10(11)13-15(21-6)17-12(8(2)3)14(18-13)20-5/h8-13H,7H2,1-6H3/t9-,10-,11-,12-,13+/m1/s1. The summed E-state index contributed by atoms with van der Waals surface area (Å²) in [6.45, 7) is 8.38. The quantitative estimate of drug-likeness (QED) is 0.744. The van der Waals surface area contributed by atoms with Gasteiger partial charge in [-0.2, -0.15) is 0 Å². The van der Waals surface area contributed by atoms with Gasteiger partial charge < -0.3 is 14.2 Å². The Hall–Kier alpha value is -1.59. The lowest BCUT2D eigenvalue weighted by Gasteiger charge is -2.27. The Bertz CT molecular complexity index is 487. The summed E-state index contributed by atoms with van der Waals surface area (Å²) in [5.74, 6) is 1.45. The van der Waals surface area contributed by atoms with E-state index in [0.29, 0.717) is 18.4 Å². The van der Waals surface area contributed by atoms with Gasteiger partial charge in [0, 0.05) is 5.92 Å². The zero-order valence-corrected chi connectivity index (χ0v) is 14.2. The maximum atomic E-state index is 12.0. The SMILES string of the molecule is CCOC(=O)[C@@H]1[C@H](C)[C@H]1[C@@H]1N=C(OC)[C@@H](C(C)C)N=C1OC. The van der Waals surface area contributed by atoms with Crippen LogP contribution in [0.3, 0.4) is 0 Å². The van der Waals surface area contributed by atoms with Gasteiger partial charge >= 0.3 is 5.97 Å². The number of carbonyl (C=O) groups excluding carboxylic acids is 1. The third-order valence-corrected chi connectivity index (χ3v) is 4.46. The van der Waals surface area contributed by atoms with Crippen molar-refractivity contribution < 1.29 is 19.0 Å². The monoisotopic (exact) mass is 310 g/mol. The van der Waals surface area contributed by atoms with E-state index >= 15 is 0 Å². The number of methoxy groups -OCH3 is 2. The van der Waals surface area contributed by atoms with Crippen molar-refractivity contribution in [3.63, 3.8) is 0 Å². The number of hydrogen-bond donors (Lipinski definition) is 0. The van der Waals surface area contributed by atoms with Crippen molar-refractivity contribution >= 4 is 17.8 Å². The molecule has 6 nitrogen and oxygen atoms in total. The topological polar surface area (TPSA) is 69.5 Å². The zero-order chi connectivity index (χ0) is 16.4. The maximum Gasteiger partial charge on any atom is 0.309 e. The summed E-state index contributed by atoms with van der Waals surface area (Å²) in [7, 11) is 3.21. The molecule has 22 heavy (non-hydrogen) atoms. The van der Waals surface area contributed by atoms with Crippen LogP contribution in [0.4, 0.5) is 0 Å². The van der Waals surface area contributed by atoms with Crippen LogP contribution in [0.5, 0.6) is 0 Å². The Balaban J connectivity index is 2.22. The molecule has 2 rings (SSSR count). The van der Waals surface area contributed by atoms with Crippen LogP contribution in [0, 0.1) is 23.7 Å². The number of carbonyl (C=O) groups is 1. The predicted octanol–water partition coefficient (Wildman–Crippen LogP) is 1.93. The molecule has 0 N–H and O–H groups in total. The van der Waals surface area contributed by atoms with E-state index in [0.717, 1.165) is 0 Å². The van der Waals surface area contributed by atoms with Gasteiger partial charge in [-0.3, -0.25) is 4.79 Å². The van der Waals surface area contributed by atoms with E-state index in [1.54, 1.807) is 14.2 Å². The molecule has 5 atom stereocenters. The fourth-order valence-electron chi connectivity index (χ4n) is 3.16. The van der Waals surface area contributed by atoms with Gasteiger partial charge in [0.2, 0.25) is 11.8 Å². The molecule has 0 bridgehead atoms. The van der Waals surface area contributed by atoms with Crippen LogP contribution in [0.1, 0.15) is 27.7 Å². The number of esters is 1. The molecular weight excluding hydrogens is 284 g/mol. The number of nitrogens with zero attached hydrogens (tertiary/aromatic N) is 2. The largest absolute Gasteiger partial charge is 0.483 e. The Morgan fingerprint density at radius 2 is 1.82 bits per heavy atom. The summed E-state index contributed by atoms with van der Waals surface area (Å²) in [6.07, 6.45) is 0. The van der Waals surface area contributed by atoms with Gasteiger partial charge in [-0.1, -0.05) is 20.8 Å². The molecule has 0 aromatic heterocycles. The highest BCUT2D eigenvalue weighted by molar-refractivity contribution is 5.95. The molecule has 0 aromatic carbocycles. The highest BCUT2D eigenvalue weighted by Crippen LogP contribution is 2.51. The first kappa shape index (κ1) is 16.8. The predicted molar refractivity (Wildman–Crippen MR) is 84.1 cm³/mol. The van der Waals surface area contributed by atoms with Crippen molar-refractivity contribution in [1.29, 1.82) is 0 Å². The minimum atomic E-state index is -0.264. The summed E-state index contributed by atoms with van der Waals surface area (Å²) in [4.78, 5) is 21.4. The molecule has 0 saturated heterocycles. The van der Waals surface area contributed by atoms with Gasteiger partial charge in [-0.05, 0) is 18.8 Å². The average Bonchev–Trinajstić information content (AvgIpc) is 3.17. The third-order valence-electron chi connectivity index (χ3n) is 4.46. The van der Waals surface area contributed by atoms with E-state index in [2.05, 4.69) is 18.8 Å². The van der Waals surface area contributed by atoms with Crippen LogP contribution in [0.2, 0.25) is 0 Å². The lowest BCUT2D eigenvalue weighted by Crippen LogP contribution is -2.39. The number of aliphatic imine (C=N–C) groups is 2. The van der Waals surface area contributed by atoms with Gasteiger partial charge in [0.1, 0.15) is 12.1 Å². The van der Waals surface area contributed by atoms with Crippen LogP contribution in [-0.4, -0.2) is 50.7 Å². The maximum absolute atomic E-state index is 12.0. The van der Waals surface area contributed by atoms with Crippen molar-refractivity contribution in [2.75, 3.05) is 20.8 Å². The van der Waals surface area contributed by atoms with Crippen LogP contribution in [0.25, 0.3) is 0 Å². The summed E-state index contributed by atoms with van der Waals surface area (Å²) >= 11 is 0. The Morgan fingerprint density at radius 1 is 1.18 bits per heavy atom. The summed E-state index contributed by atoms with van der Waals surface area (Å²) in [5, 5.41) is 0. The summed E-state index contributed by atoms with van der Waals surface area (Å²) in [5.41, 5.74) is 0. The minimum Gasteiger partial charge on any atom is -0.483 e. The molecule has 124 valence electrons. The smallest absolute Gasteiger partial charge is 0.309 e. The molecule has 0 amide bonds. The van der Waals surface area contributed by atoms with E-state index in [9.17, 15) is 4.79 Å². The molecule has 1 aliphatic heterocycles. The Morgan fingerprint density at radius 3 is 2.32 bits per heavy atom. The van der Waals surface area contributed by atoms with Crippen molar-refractivity contribution in [1.82, 2.24) is 0 Å². The molecule has 6 heteroatoms. The van der Waals surface area contributed by atoms with Crippen molar-refractivity contribution in [2.24, 2.45) is 33.7 Å². The van der Waals surface area contributed by atoms with Crippen LogP contribution in [-0.2, 0) is 19.0 Å². The first-order valence-corrected chi connectivity index (χ1v) is 7.86. The minimum absolute atomic E-state index is 0.0658. The van der Waals surface area contributed by atoms with Gasteiger partial charge in [0.15, 0.2) is 0 Å². The van der Waals surface area contributed by atoms with Crippen LogP contribution in [0.15, 0.2) is 9.98 Å². The summed E-state index contributed by atoms with van der Waals surface area (Å²) < 4.78 is 16.0. The molecule has 0 spiro atoms. The summed E-state index contributed by atoms with van der Waals surface area (Å²) in [6, 6.07) is -0.398. The van der Waals surface area contributed by atoms with E-state index < -0.39 is 0 Å². The number of rotatable bonds is 4. The second-order valence-corrected chi connectivity index (χ2v) is 6.19. The Kier molecular flexibility index (Phi) is 5.08. The van der Waals surface area contributed by atoms with E-state index in [4.69, 9.17) is 19.2 Å². The van der Waals surface area contributed by atoms with Gasteiger partial charge in [0.05, 0.1) is 26.7 Å².